The van der Waals surface area contributed by atoms with E-state index in [2.05, 4.69) is 30.8 Å². The molecule has 0 radical (unpaired) electrons. The number of carbonyl (C=O) groups is 1. The van der Waals surface area contributed by atoms with Crippen LogP contribution in [0.4, 0.5) is 11.5 Å². The molecule has 1 fully saturated rings. The molecule has 1 saturated heterocycles. The Morgan fingerprint density at radius 1 is 1.27 bits per heavy atom. The van der Waals surface area contributed by atoms with E-state index in [1.807, 2.05) is 6.07 Å². The fourth-order valence-corrected chi connectivity index (χ4v) is 2.52. The van der Waals surface area contributed by atoms with Gasteiger partial charge in [0.25, 0.3) is 11.5 Å². The third kappa shape index (κ3) is 4.54. The van der Waals surface area contributed by atoms with Gasteiger partial charge < -0.3 is 20.3 Å². The number of morpholine rings is 1. The number of amides is 1. The van der Waals surface area contributed by atoms with Crippen LogP contribution < -0.4 is 21.1 Å². The molecule has 0 bridgehead atoms. The Morgan fingerprint density at radius 3 is 2.85 bits per heavy atom. The fourth-order valence-electron chi connectivity index (χ4n) is 2.52. The molecule has 10 nitrogen and oxygen atoms in total. The minimum absolute atomic E-state index is 0.196. The van der Waals surface area contributed by atoms with Gasteiger partial charge in [0.15, 0.2) is 5.82 Å². The van der Waals surface area contributed by atoms with Crippen LogP contribution in [-0.2, 0) is 11.8 Å². The second kappa shape index (κ2) is 8.39. The molecule has 2 aromatic rings. The highest BCUT2D eigenvalue weighted by Gasteiger charge is 2.12. The van der Waals surface area contributed by atoms with E-state index in [4.69, 9.17) is 4.74 Å². The first-order valence-electron chi connectivity index (χ1n) is 8.35. The van der Waals surface area contributed by atoms with Crippen LogP contribution in [0, 0.1) is 0 Å². The summed E-state index contributed by atoms with van der Waals surface area (Å²) in [4.78, 5) is 25.5. The summed E-state index contributed by atoms with van der Waals surface area (Å²) >= 11 is 0. The second-order valence-corrected chi connectivity index (χ2v) is 5.76. The Kier molecular flexibility index (Phi) is 5.74. The molecule has 0 unspecified atom stereocenters. The van der Waals surface area contributed by atoms with E-state index in [0.717, 1.165) is 23.5 Å². The van der Waals surface area contributed by atoms with Crippen LogP contribution in [0.5, 0.6) is 0 Å². The molecule has 0 spiro atoms. The highest BCUT2D eigenvalue weighted by atomic mass is 16.5. The summed E-state index contributed by atoms with van der Waals surface area (Å²) in [6.07, 6.45) is 1.73. The van der Waals surface area contributed by atoms with E-state index >= 15 is 0 Å². The molecule has 0 aromatic carbocycles. The van der Waals surface area contributed by atoms with E-state index in [0.29, 0.717) is 32.1 Å². The predicted molar refractivity (Wildman–Crippen MR) is 95.4 cm³/mol. The van der Waals surface area contributed by atoms with Gasteiger partial charge in [0.1, 0.15) is 5.69 Å². The van der Waals surface area contributed by atoms with Crippen LogP contribution in [0.25, 0.3) is 0 Å². The first-order valence-corrected chi connectivity index (χ1v) is 8.35. The van der Waals surface area contributed by atoms with Crippen molar-refractivity contribution in [1.82, 2.24) is 25.3 Å². The van der Waals surface area contributed by atoms with Crippen LogP contribution in [-0.4, -0.2) is 65.3 Å². The number of aromatic nitrogens is 4. The second-order valence-electron chi connectivity index (χ2n) is 5.76. The van der Waals surface area contributed by atoms with Crippen molar-refractivity contribution in [1.29, 1.82) is 0 Å². The average molecular weight is 359 g/mol. The van der Waals surface area contributed by atoms with Crippen molar-refractivity contribution in [3.63, 3.8) is 0 Å². The lowest BCUT2D eigenvalue weighted by molar-refractivity contribution is 0.0948. The molecule has 3 rings (SSSR count). The summed E-state index contributed by atoms with van der Waals surface area (Å²) in [5, 5.41) is 17.8. The molecule has 1 aliphatic rings. The molecule has 0 atom stereocenters. The summed E-state index contributed by atoms with van der Waals surface area (Å²) in [7, 11) is 1.50. The zero-order valence-corrected chi connectivity index (χ0v) is 14.5. The maximum atomic E-state index is 12.0. The minimum atomic E-state index is -0.337. The summed E-state index contributed by atoms with van der Waals surface area (Å²) < 4.78 is 6.47. The van der Waals surface area contributed by atoms with Gasteiger partial charge >= 0.3 is 0 Å². The lowest BCUT2D eigenvalue weighted by atomic mass is 10.3. The van der Waals surface area contributed by atoms with Gasteiger partial charge in [0.2, 0.25) is 0 Å². The van der Waals surface area contributed by atoms with Gasteiger partial charge in [0.05, 0.1) is 25.1 Å². The van der Waals surface area contributed by atoms with Gasteiger partial charge in [-0.25, -0.2) is 4.68 Å². The topological polar surface area (TPSA) is 114 Å². The fraction of sp³-hybridized carbons (Fsp3) is 0.438. The van der Waals surface area contributed by atoms with Crippen molar-refractivity contribution >= 4 is 17.4 Å². The monoisotopic (exact) mass is 359 g/mol. The van der Waals surface area contributed by atoms with E-state index in [-0.39, 0.29) is 17.2 Å². The molecule has 0 saturated carbocycles. The number of aryl methyl sites for hydroxylation is 1. The number of anilines is 2. The van der Waals surface area contributed by atoms with E-state index < -0.39 is 0 Å². The number of carbonyl (C=O) groups excluding carboxylic acids is 1. The number of rotatable bonds is 6. The molecule has 10 heteroatoms. The average Bonchev–Trinajstić information content (AvgIpc) is 2.68. The van der Waals surface area contributed by atoms with Crippen molar-refractivity contribution in [2.75, 3.05) is 49.6 Å². The zero-order chi connectivity index (χ0) is 18.4. The normalized spacial score (nSPS) is 14.1. The van der Waals surface area contributed by atoms with Gasteiger partial charge in [-0.05, 0) is 6.07 Å². The molecule has 2 aromatic heterocycles. The Bertz CT molecular complexity index is 817. The summed E-state index contributed by atoms with van der Waals surface area (Å²) in [5.41, 5.74) is 0.924. The molecule has 0 aliphatic carbocycles. The predicted octanol–water partition coefficient (Wildman–Crippen LogP) is -0.751. The number of nitrogens with one attached hydrogen (secondary N) is 2. The van der Waals surface area contributed by atoms with Gasteiger partial charge in [-0.1, -0.05) is 0 Å². The Labute approximate surface area is 150 Å². The largest absolute Gasteiger partial charge is 0.378 e. The van der Waals surface area contributed by atoms with Gasteiger partial charge in [0, 0.05) is 45.4 Å². The lowest BCUT2D eigenvalue weighted by Gasteiger charge is -2.28. The molecule has 2 N–H and O–H groups in total. The maximum absolute atomic E-state index is 12.0. The van der Waals surface area contributed by atoms with E-state index in [1.165, 1.54) is 19.2 Å². The molecule has 1 aliphatic heterocycles. The van der Waals surface area contributed by atoms with Gasteiger partial charge in [-0.2, -0.15) is 10.2 Å². The number of hydrogen-bond acceptors (Lipinski definition) is 8. The van der Waals surface area contributed by atoms with Crippen molar-refractivity contribution in [3.8, 4) is 0 Å². The summed E-state index contributed by atoms with van der Waals surface area (Å²) in [6.45, 7) is 3.93. The minimum Gasteiger partial charge on any atom is -0.378 e. The molecular weight excluding hydrogens is 338 g/mol. The third-order valence-corrected chi connectivity index (χ3v) is 3.93. The molecule has 138 valence electrons. The Morgan fingerprint density at radius 2 is 2.08 bits per heavy atom. The van der Waals surface area contributed by atoms with Gasteiger partial charge in [-0.3, -0.25) is 9.59 Å². The van der Waals surface area contributed by atoms with Crippen molar-refractivity contribution in [2.45, 2.75) is 0 Å². The summed E-state index contributed by atoms with van der Waals surface area (Å²) in [6, 6.07) is 4.64. The van der Waals surface area contributed by atoms with Crippen LogP contribution >= 0.6 is 0 Å². The SMILES string of the molecule is Cn1nc(C(=O)NCCNc2cc(N3CCOCC3)cnn2)ccc1=O. The zero-order valence-electron chi connectivity index (χ0n) is 14.5. The highest BCUT2D eigenvalue weighted by Crippen LogP contribution is 2.16. The maximum Gasteiger partial charge on any atom is 0.271 e. The Hall–Kier alpha value is -3.01. The standard InChI is InChI=1S/C16H21N7O3/c1-22-15(24)3-2-13(21-22)16(25)18-5-4-17-14-10-12(11-19-20-14)23-6-8-26-9-7-23/h2-3,10-11H,4-9H2,1H3,(H,17,20)(H,18,25). The highest BCUT2D eigenvalue weighted by molar-refractivity contribution is 5.91. The number of nitrogens with zero attached hydrogens (tertiary/aromatic N) is 5. The lowest BCUT2D eigenvalue weighted by Crippen LogP contribution is -2.36. The van der Waals surface area contributed by atoms with Crippen molar-refractivity contribution in [3.05, 3.63) is 40.4 Å². The molecular formula is C16H21N7O3. The summed E-state index contributed by atoms with van der Waals surface area (Å²) in [5.74, 6) is 0.305. The molecule has 3 heterocycles. The Balaban J connectivity index is 1.48. The smallest absolute Gasteiger partial charge is 0.271 e. The van der Waals surface area contributed by atoms with Crippen molar-refractivity contribution in [2.24, 2.45) is 7.05 Å². The van der Waals surface area contributed by atoms with E-state index in [9.17, 15) is 9.59 Å². The van der Waals surface area contributed by atoms with Crippen molar-refractivity contribution < 1.29 is 9.53 Å². The first-order chi connectivity index (χ1) is 12.6. The third-order valence-electron chi connectivity index (χ3n) is 3.93. The van der Waals surface area contributed by atoms with Crippen LogP contribution in [0.1, 0.15) is 10.5 Å². The van der Waals surface area contributed by atoms with Crippen LogP contribution in [0.2, 0.25) is 0 Å². The van der Waals surface area contributed by atoms with E-state index in [1.54, 1.807) is 6.20 Å². The molecule has 1 amide bonds. The van der Waals surface area contributed by atoms with Crippen LogP contribution in [0.3, 0.4) is 0 Å². The quantitative estimate of drug-likeness (QED) is 0.648. The van der Waals surface area contributed by atoms with Crippen LogP contribution in [0.15, 0.2) is 29.2 Å². The first kappa shape index (κ1) is 17.8. The number of ether oxygens (including phenoxy) is 1. The number of hydrogen-bond donors (Lipinski definition) is 2. The van der Waals surface area contributed by atoms with Gasteiger partial charge in [-0.15, -0.1) is 5.10 Å². The molecule has 26 heavy (non-hydrogen) atoms.